The summed E-state index contributed by atoms with van der Waals surface area (Å²) in [6.07, 6.45) is -4.74. The van der Waals surface area contributed by atoms with Crippen molar-refractivity contribution in [1.29, 1.82) is 0 Å². The Labute approximate surface area is 177 Å². The third kappa shape index (κ3) is 5.02. The number of halogens is 3. The van der Waals surface area contributed by atoms with Crippen LogP contribution < -0.4 is 4.31 Å². The predicted octanol–water partition coefficient (Wildman–Crippen LogP) is 4.28. The summed E-state index contributed by atoms with van der Waals surface area (Å²) in [4.78, 5) is 14.9. The van der Waals surface area contributed by atoms with Crippen molar-refractivity contribution in [1.82, 2.24) is 4.98 Å². The van der Waals surface area contributed by atoms with Crippen LogP contribution in [0.3, 0.4) is 0 Å². The van der Waals surface area contributed by atoms with Crippen LogP contribution in [0.4, 0.5) is 19.0 Å². The normalized spacial score (nSPS) is 11.7. The molecule has 0 aliphatic rings. The van der Waals surface area contributed by atoms with Crippen molar-refractivity contribution in [3.8, 4) is 0 Å². The molecule has 0 amide bonds. The lowest BCUT2D eigenvalue weighted by molar-refractivity contribution is -0.141. The van der Waals surface area contributed by atoms with Gasteiger partial charge in [0.05, 0.1) is 24.1 Å². The Morgan fingerprint density at radius 1 is 0.968 bits per heavy atom. The van der Waals surface area contributed by atoms with Gasteiger partial charge in [-0.1, -0.05) is 36.4 Å². The summed E-state index contributed by atoms with van der Waals surface area (Å²) < 4.78 is 71.5. The SMILES string of the molecule is COC(=O)c1ccc(S(=O)(=O)N(Cc2ccccc2)c2cccc(C(F)(F)F)n2)cc1. The van der Waals surface area contributed by atoms with E-state index in [-0.39, 0.29) is 22.8 Å². The number of aromatic nitrogens is 1. The van der Waals surface area contributed by atoms with Gasteiger partial charge in [-0.3, -0.25) is 0 Å². The van der Waals surface area contributed by atoms with Crippen molar-refractivity contribution < 1.29 is 31.1 Å². The first-order valence-electron chi connectivity index (χ1n) is 8.92. The van der Waals surface area contributed by atoms with Gasteiger partial charge in [-0.2, -0.15) is 13.2 Å². The maximum Gasteiger partial charge on any atom is 0.433 e. The summed E-state index contributed by atoms with van der Waals surface area (Å²) in [5, 5.41) is 0. The van der Waals surface area contributed by atoms with Crippen LogP contribution in [-0.4, -0.2) is 26.5 Å². The summed E-state index contributed by atoms with van der Waals surface area (Å²) in [5.41, 5.74) is -0.524. The quantitative estimate of drug-likeness (QED) is 0.524. The second kappa shape index (κ2) is 8.76. The summed E-state index contributed by atoms with van der Waals surface area (Å²) in [5.74, 6) is -1.03. The number of esters is 1. The molecule has 0 saturated carbocycles. The Hall–Kier alpha value is -3.40. The first kappa shape index (κ1) is 22.3. The molecule has 10 heteroatoms. The van der Waals surface area contributed by atoms with Gasteiger partial charge in [-0.25, -0.2) is 22.5 Å². The predicted molar refractivity (Wildman–Crippen MR) is 107 cm³/mol. The first-order valence-corrected chi connectivity index (χ1v) is 10.4. The Kier molecular flexibility index (Phi) is 6.30. The smallest absolute Gasteiger partial charge is 0.433 e. The minimum absolute atomic E-state index is 0.133. The van der Waals surface area contributed by atoms with Crippen LogP contribution in [0.1, 0.15) is 21.6 Å². The molecular weight excluding hydrogens is 433 g/mol. The lowest BCUT2D eigenvalue weighted by Crippen LogP contribution is -2.32. The number of hydrogen-bond donors (Lipinski definition) is 0. The van der Waals surface area contributed by atoms with E-state index in [4.69, 9.17) is 0 Å². The van der Waals surface area contributed by atoms with E-state index in [0.717, 1.165) is 16.4 Å². The fraction of sp³-hybridized carbons (Fsp3) is 0.143. The number of hydrogen-bond acceptors (Lipinski definition) is 5. The fourth-order valence-corrected chi connectivity index (χ4v) is 4.17. The third-order valence-corrected chi connectivity index (χ3v) is 6.08. The van der Waals surface area contributed by atoms with Crippen molar-refractivity contribution in [2.75, 3.05) is 11.4 Å². The molecule has 0 unspecified atom stereocenters. The molecule has 1 heterocycles. The molecule has 0 aliphatic heterocycles. The van der Waals surface area contributed by atoms with E-state index in [0.29, 0.717) is 5.56 Å². The molecule has 0 fully saturated rings. The number of anilines is 1. The van der Waals surface area contributed by atoms with Crippen LogP contribution in [0.15, 0.2) is 77.7 Å². The van der Waals surface area contributed by atoms with Crippen LogP contribution in [0.25, 0.3) is 0 Å². The van der Waals surface area contributed by atoms with Crippen LogP contribution in [0, 0.1) is 0 Å². The molecule has 3 aromatic rings. The van der Waals surface area contributed by atoms with E-state index in [1.807, 2.05) is 0 Å². The fourth-order valence-electron chi connectivity index (χ4n) is 2.77. The van der Waals surface area contributed by atoms with Gasteiger partial charge in [-0.15, -0.1) is 0 Å². The van der Waals surface area contributed by atoms with Gasteiger partial charge in [0, 0.05) is 0 Å². The molecule has 2 aromatic carbocycles. The van der Waals surface area contributed by atoms with Crippen molar-refractivity contribution in [3.05, 3.63) is 89.6 Å². The molecule has 0 radical (unpaired) electrons. The van der Waals surface area contributed by atoms with E-state index in [9.17, 15) is 26.4 Å². The monoisotopic (exact) mass is 450 g/mol. The van der Waals surface area contributed by atoms with Crippen molar-refractivity contribution >= 4 is 21.8 Å². The lowest BCUT2D eigenvalue weighted by Gasteiger charge is -2.24. The van der Waals surface area contributed by atoms with E-state index in [2.05, 4.69) is 9.72 Å². The van der Waals surface area contributed by atoms with E-state index in [1.165, 1.54) is 37.4 Å². The number of ether oxygens (including phenoxy) is 1. The minimum atomic E-state index is -4.74. The first-order chi connectivity index (χ1) is 14.6. The zero-order chi connectivity index (χ0) is 22.6. The largest absolute Gasteiger partial charge is 0.465 e. The maximum atomic E-state index is 13.3. The van der Waals surface area contributed by atoms with Crippen molar-refractivity contribution in [3.63, 3.8) is 0 Å². The number of sulfonamides is 1. The molecule has 0 N–H and O–H groups in total. The Morgan fingerprint density at radius 2 is 1.61 bits per heavy atom. The molecule has 0 atom stereocenters. The molecular formula is C21H17F3N2O4S. The van der Waals surface area contributed by atoms with Crippen LogP contribution in [-0.2, 0) is 27.5 Å². The number of carbonyl (C=O) groups is 1. The standard InChI is InChI=1S/C21H17F3N2O4S/c1-30-20(27)16-10-12-17(13-11-16)31(28,29)26(14-15-6-3-2-4-7-15)19-9-5-8-18(25-19)21(22,23)24/h2-13H,14H2,1H3. The summed E-state index contributed by atoms with van der Waals surface area (Å²) in [7, 11) is -3.12. The second-order valence-corrected chi connectivity index (χ2v) is 8.25. The molecule has 1 aromatic heterocycles. The summed E-state index contributed by atoms with van der Waals surface area (Å²) in [6.45, 7) is -0.240. The van der Waals surface area contributed by atoms with Gasteiger partial charge in [0.15, 0.2) is 0 Å². The molecule has 0 bridgehead atoms. The number of benzene rings is 2. The average Bonchev–Trinajstić information content (AvgIpc) is 2.77. The summed E-state index contributed by atoms with van der Waals surface area (Å²) >= 11 is 0. The topological polar surface area (TPSA) is 76.6 Å². The lowest BCUT2D eigenvalue weighted by atomic mass is 10.2. The average molecular weight is 450 g/mol. The molecule has 3 rings (SSSR count). The summed E-state index contributed by atoms with van der Waals surface area (Å²) in [6, 6.07) is 16.4. The number of pyridine rings is 1. The molecule has 6 nitrogen and oxygen atoms in total. The van der Waals surface area contributed by atoms with Gasteiger partial charge in [0.2, 0.25) is 0 Å². The van der Waals surface area contributed by atoms with Crippen molar-refractivity contribution in [2.45, 2.75) is 17.6 Å². The van der Waals surface area contributed by atoms with Gasteiger partial charge in [0.1, 0.15) is 11.5 Å². The third-order valence-electron chi connectivity index (χ3n) is 4.31. The molecule has 0 spiro atoms. The van der Waals surface area contributed by atoms with Gasteiger partial charge < -0.3 is 4.74 Å². The Bertz CT molecular complexity index is 1170. The van der Waals surface area contributed by atoms with Crippen LogP contribution in [0.2, 0.25) is 0 Å². The Balaban J connectivity index is 2.08. The minimum Gasteiger partial charge on any atom is -0.465 e. The van der Waals surface area contributed by atoms with Gasteiger partial charge in [-0.05, 0) is 42.0 Å². The highest BCUT2D eigenvalue weighted by Crippen LogP contribution is 2.31. The number of carbonyl (C=O) groups excluding carboxylic acids is 1. The highest BCUT2D eigenvalue weighted by atomic mass is 32.2. The highest BCUT2D eigenvalue weighted by Gasteiger charge is 2.34. The number of nitrogens with zero attached hydrogens (tertiary/aromatic N) is 2. The molecule has 0 aliphatic carbocycles. The van der Waals surface area contributed by atoms with Gasteiger partial charge in [0.25, 0.3) is 10.0 Å². The van der Waals surface area contributed by atoms with Gasteiger partial charge >= 0.3 is 12.1 Å². The van der Waals surface area contributed by atoms with Crippen LogP contribution >= 0.6 is 0 Å². The van der Waals surface area contributed by atoms with E-state index >= 15 is 0 Å². The maximum absolute atomic E-state index is 13.3. The van der Waals surface area contributed by atoms with E-state index in [1.54, 1.807) is 30.3 Å². The molecule has 31 heavy (non-hydrogen) atoms. The highest BCUT2D eigenvalue weighted by molar-refractivity contribution is 7.92. The van der Waals surface area contributed by atoms with Crippen LogP contribution in [0.5, 0.6) is 0 Å². The number of alkyl halides is 3. The number of methoxy groups -OCH3 is 1. The Morgan fingerprint density at radius 3 is 2.19 bits per heavy atom. The second-order valence-electron chi connectivity index (χ2n) is 6.39. The van der Waals surface area contributed by atoms with Crippen molar-refractivity contribution in [2.24, 2.45) is 0 Å². The zero-order valence-electron chi connectivity index (χ0n) is 16.2. The molecule has 162 valence electrons. The molecule has 0 saturated heterocycles. The zero-order valence-corrected chi connectivity index (χ0v) is 17.0. The number of rotatable bonds is 6. The van der Waals surface area contributed by atoms with E-state index < -0.39 is 27.9 Å².